The van der Waals surface area contributed by atoms with Gasteiger partial charge in [0, 0.05) is 12.2 Å². The summed E-state index contributed by atoms with van der Waals surface area (Å²) in [5.41, 5.74) is 0.848. The van der Waals surface area contributed by atoms with Gasteiger partial charge in [-0.15, -0.1) is 5.10 Å². The Morgan fingerprint density at radius 3 is 2.79 bits per heavy atom. The second kappa shape index (κ2) is 3.42. The summed E-state index contributed by atoms with van der Waals surface area (Å²) in [4.78, 5) is 4.51. The summed E-state index contributed by atoms with van der Waals surface area (Å²) in [5.74, 6) is 4.49. The van der Waals surface area contributed by atoms with Crippen molar-refractivity contribution in [2.24, 2.45) is 23.7 Å². The summed E-state index contributed by atoms with van der Waals surface area (Å²) in [7, 11) is 0. The minimum Gasteiger partial charge on any atom is -0.350 e. The molecular formula is C14H15ClN4. The molecule has 4 atom stereocenters. The van der Waals surface area contributed by atoms with E-state index in [9.17, 15) is 0 Å². The fraction of sp³-hybridized carbons (Fsp3) is 0.571. The van der Waals surface area contributed by atoms with Crippen LogP contribution in [0.15, 0.2) is 18.3 Å². The molecule has 3 fully saturated rings. The number of hydrogen-bond acceptors (Lipinski definition) is 3. The van der Waals surface area contributed by atoms with E-state index in [1.807, 2.05) is 12.1 Å². The molecule has 1 N–H and O–H groups in total. The van der Waals surface area contributed by atoms with Gasteiger partial charge in [-0.2, -0.15) is 4.98 Å². The molecule has 2 aromatic rings. The lowest BCUT2D eigenvalue weighted by Gasteiger charge is -2.08. The molecule has 0 aromatic carbocycles. The van der Waals surface area contributed by atoms with E-state index in [0.717, 1.165) is 35.3 Å². The molecule has 4 unspecified atom stereocenters. The Hall–Kier alpha value is -1.29. The average molecular weight is 275 g/mol. The number of nitrogens with one attached hydrogen (secondary N) is 1. The van der Waals surface area contributed by atoms with E-state index < -0.39 is 0 Å². The molecule has 2 heterocycles. The van der Waals surface area contributed by atoms with E-state index in [2.05, 4.69) is 15.4 Å². The number of halogens is 1. The van der Waals surface area contributed by atoms with Gasteiger partial charge in [-0.1, -0.05) is 11.6 Å². The zero-order chi connectivity index (χ0) is 12.6. The van der Waals surface area contributed by atoms with Gasteiger partial charge in [0.15, 0.2) is 5.65 Å². The number of nitrogens with zero attached hydrogens (tertiary/aromatic N) is 3. The highest BCUT2D eigenvalue weighted by atomic mass is 35.5. The van der Waals surface area contributed by atoms with Crippen molar-refractivity contribution in [3.8, 4) is 0 Å². The summed E-state index contributed by atoms with van der Waals surface area (Å²) in [6.07, 6.45) is 6.16. The van der Waals surface area contributed by atoms with E-state index in [1.165, 1.54) is 19.3 Å². The first kappa shape index (κ1) is 10.5. The Kier molecular flexibility index (Phi) is 1.89. The maximum atomic E-state index is 5.96. The number of rotatable bonds is 2. The standard InChI is InChI=1S/C14H15ClN4/c15-9-3-4-10-16-14(18-19(10)6-9)17-13-11-7-1-2-8(5-7)12(11)13/h3-4,6-8,11-13H,1-2,5H2,(H,17,18). The van der Waals surface area contributed by atoms with Crippen LogP contribution in [0.2, 0.25) is 5.02 Å². The first-order chi connectivity index (χ1) is 9.29. The summed E-state index contributed by atoms with van der Waals surface area (Å²) < 4.78 is 1.75. The van der Waals surface area contributed by atoms with Crippen molar-refractivity contribution in [3.05, 3.63) is 23.4 Å². The smallest absolute Gasteiger partial charge is 0.243 e. The second-order valence-corrected chi connectivity index (χ2v) is 6.68. The minimum absolute atomic E-state index is 0.624. The molecule has 98 valence electrons. The van der Waals surface area contributed by atoms with E-state index in [-0.39, 0.29) is 0 Å². The number of pyridine rings is 1. The monoisotopic (exact) mass is 274 g/mol. The van der Waals surface area contributed by atoms with Crippen LogP contribution in [0.25, 0.3) is 5.65 Å². The van der Waals surface area contributed by atoms with Crippen molar-refractivity contribution in [2.75, 3.05) is 5.32 Å². The van der Waals surface area contributed by atoms with E-state index in [4.69, 9.17) is 11.6 Å². The van der Waals surface area contributed by atoms with Crippen molar-refractivity contribution in [2.45, 2.75) is 25.3 Å². The van der Waals surface area contributed by atoms with Gasteiger partial charge in [-0.3, -0.25) is 0 Å². The third-order valence-corrected chi connectivity index (χ3v) is 5.55. The largest absolute Gasteiger partial charge is 0.350 e. The van der Waals surface area contributed by atoms with Gasteiger partial charge in [0.2, 0.25) is 5.95 Å². The normalized spacial score (nSPS) is 38.7. The Balaban J connectivity index is 1.41. The zero-order valence-corrected chi connectivity index (χ0v) is 11.2. The molecule has 0 saturated heterocycles. The lowest BCUT2D eigenvalue weighted by Crippen LogP contribution is -2.13. The lowest BCUT2D eigenvalue weighted by molar-refractivity contribution is 0.456. The van der Waals surface area contributed by atoms with Crippen LogP contribution in [0.4, 0.5) is 5.95 Å². The average Bonchev–Trinajstić information content (AvgIpc) is 2.79. The van der Waals surface area contributed by atoms with Gasteiger partial charge >= 0.3 is 0 Å². The summed E-state index contributed by atoms with van der Waals surface area (Å²) in [5, 5.41) is 8.69. The molecule has 3 aliphatic rings. The highest BCUT2D eigenvalue weighted by Crippen LogP contribution is 2.66. The molecule has 0 aliphatic heterocycles. The number of aromatic nitrogens is 3. The van der Waals surface area contributed by atoms with Crippen molar-refractivity contribution in [3.63, 3.8) is 0 Å². The molecule has 19 heavy (non-hydrogen) atoms. The second-order valence-electron chi connectivity index (χ2n) is 6.24. The van der Waals surface area contributed by atoms with E-state index >= 15 is 0 Å². The molecule has 3 saturated carbocycles. The van der Waals surface area contributed by atoms with E-state index in [0.29, 0.717) is 11.1 Å². The predicted octanol–water partition coefficient (Wildman–Crippen LogP) is 2.84. The van der Waals surface area contributed by atoms with Crippen LogP contribution in [0, 0.1) is 23.7 Å². The van der Waals surface area contributed by atoms with Crippen molar-refractivity contribution < 1.29 is 0 Å². The first-order valence-electron chi connectivity index (χ1n) is 7.08. The third kappa shape index (κ3) is 1.41. The van der Waals surface area contributed by atoms with E-state index in [1.54, 1.807) is 10.7 Å². The predicted molar refractivity (Wildman–Crippen MR) is 73.2 cm³/mol. The Morgan fingerprint density at radius 1 is 1.21 bits per heavy atom. The summed E-state index contributed by atoms with van der Waals surface area (Å²) in [6, 6.07) is 4.37. The van der Waals surface area contributed by atoms with Crippen LogP contribution >= 0.6 is 11.6 Å². The SMILES string of the molecule is Clc1ccc2nc(NC3C4C5CCC(C5)C34)nn2c1. The summed E-state index contributed by atoms with van der Waals surface area (Å²) >= 11 is 5.96. The fourth-order valence-corrected chi connectivity index (χ4v) is 4.74. The highest BCUT2D eigenvalue weighted by molar-refractivity contribution is 6.30. The van der Waals surface area contributed by atoms with Crippen molar-refractivity contribution in [1.29, 1.82) is 0 Å². The fourth-order valence-electron chi connectivity index (χ4n) is 4.59. The molecule has 2 aromatic heterocycles. The number of fused-ring (bicyclic) bond motifs is 6. The molecule has 0 amide bonds. The van der Waals surface area contributed by atoms with Gasteiger partial charge in [-0.05, 0) is 55.1 Å². The van der Waals surface area contributed by atoms with Gasteiger partial charge in [-0.25, -0.2) is 4.52 Å². The molecule has 5 heteroatoms. The van der Waals surface area contributed by atoms with Gasteiger partial charge in [0.05, 0.1) is 5.02 Å². The topological polar surface area (TPSA) is 42.2 Å². The van der Waals surface area contributed by atoms with Crippen LogP contribution in [0.5, 0.6) is 0 Å². The van der Waals surface area contributed by atoms with Crippen molar-refractivity contribution in [1.82, 2.24) is 14.6 Å². The third-order valence-electron chi connectivity index (χ3n) is 5.33. The number of hydrogen-bond donors (Lipinski definition) is 1. The molecule has 0 radical (unpaired) electrons. The molecular weight excluding hydrogens is 260 g/mol. The van der Waals surface area contributed by atoms with Crippen LogP contribution < -0.4 is 5.32 Å². The summed E-state index contributed by atoms with van der Waals surface area (Å²) in [6.45, 7) is 0. The molecule has 5 rings (SSSR count). The maximum absolute atomic E-state index is 5.96. The molecule has 0 spiro atoms. The van der Waals surface area contributed by atoms with Gasteiger partial charge in [0.1, 0.15) is 0 Å². The zero-order valence-electron chi connectivity index (χ0n) is 10.5. The molecule has 3 aliphatic carbocycles. The first-order valence-corrected chi connectivity index (χ1v) is 7.46. The van der Waals surface area contributed by atoms with Crippen LogP contribution in [-0.4, -0.2) is 20.6 Å². The minimum atomic E-state index is 0.624. The van der Waals surface area contributed by atoms with Gasteiger partial charge in [0.25, 0.3) is 0 Å². The van der Waals surface area contributed by atoms with Crippen LogP contribution in [0.3, 0.4) is 0 Å². The van der Waals surface area contributed by atoms with Crippen molar-refractivity contribution >= 4 is 23.2 Å². The Bertz CT molecular complexity index is 651. The van der Waals surface area contributed by atoms with Crippen LogP contribution in [-0.2, 0) is 0 Å². The quantitative estimate of drug-likeness (QED) is 0.916. The van der Waals surface area contributed by atoms with Crippen LogP contribution in [0.1, 0.15) is 19.3 Å². The lowest BCUT2D eigenvalue weighted by atomic mass is 10.0. The molecule has 2 bridgehead atoms. The highest BCUT2D eigenvalue weighted by Gasteiger charge is 2.65. The Morgan fingerprint density at radius 2 is 2.00 bits per heavy atom. The van der Waals surface area contributed by atoms with Gasteiger partial charge < -0.3 is 5.32 Å². The maximum Gasteiger partial charge on any atom is 0.243 e. The Labute approximate surface area is 116 Å². The molecule has 4 nitrogen and oxygen atoms in total. The number of anilines is 1.